The number of hydrogen-bond acceptors (Lipinski definition) is 3. The maximum atomic E-state index is 12.4. The van der Waals surface area contributed by atoms with Crippen molar-refractivity contribution >= 4 is 17.5 Å². The summed E-state index contributed by atoms with van der Waals surface area (Å²) in [4.78, 5) is 26.2. The second-order valence-corrected chi connectivity index (χ2v) is 6.12. The summed E-state index contributed by atoms with van der Waals surface area (Å²) in [5.41, 5.74) is 2.24. The van der Waals surface area contributed by atoms with Crippen LogP contribution in [-0.2, 0) is 11.3 Å². The van der Waals surface area contributed by atoms with Gasteiger partial charge in [0, 0.05) is 25.1 Å². The number of likely N-dealkylation sites (tertiary alicyclic amines) is 1. The van der Waals surface area contributed by atoms with Crippen molar-refractivity contribution in [3.05, 3.63) is 59.7 Å². The molecule has 5 heteroatoms. The molecule has 2 amide bonds. The van der Waals surface area contributed by atoms with Gasteiger partial charge in [-0.05, 0) is 42.7 Å². The highest BCUT2D eigenvalue weighted by atomic mass is 16.5. The molecule has 0 saturated carbocycles. The van der Waals surface area contributed by atoms with Crippen molar-refractivity contribution in [1.29, 1.82) is 0 Å². The molecule has 3 rings (SSSR count). The molecule has 1 saturated heterocycles. The number of carbonyl (C=O) groups is 2. The second-order valence-electron chi connectivity index (χ2n) is 6.12. The number of benzene rings is 2. The quantitative estimate of drug-likeness (QED) is 0.908. The number of amides is 2. The van der Waals surface area contributed by atoms with Crippen LogP contribution in [0, 0.1) is 0 Å². The molecule has 0 spiro atoms. The Kier molecular flexibility index (Phi) is 5.33. The average molecular weight is 338 g/mol. The molecule has 0 unspecified atom stereocenters. The lowest BCUT2D eigenvalue weighted by Gasteiger charge is -2.26. The SMILES string of the molecule is COc1ccccc1NC(=O)c1ccc(CN2CCCCC2=O)cc1. The molecule has 1 N–H and O–H groups in total. The van der Waals surface area contributed by atoms with Crippen LogP contribution in [0.2, 0.25) is 0 Å². The van der Waals surface area contributed by atoms with Gasteiger partial charge < -0.3 is 15.0 Å². The summed E-state index contributed by atoms with van der Waals surface area (Å²) in [5.74, 6) is 0.644. The van der Waals surface area contributed by atoms with Crippen LogP contribution in [0.5, 0.6) is 5.75 Å². The standard InChI is InChI=1S/C20H22N2O3/c1-25-18-7-3-2-6-17(18)21-20(24)16-11-9-15(10-12-16)14-22-13-5-4-8-19(22)23/h2-3,6-7,9-12H,4-5,8,13-14H2,1H3,(H,21,24). The van der Waals surface area contributed by atoms with Crippen LogP contribution < -0.4 is 10.1 Å². The summed E-state index contributed by atoms with van der Waals surface area (Å²) >= 11 is 0. The number of para-hydroxylation sites is 2. The van der Waals surface area contributed by atoms with Crippen molar-refractivity contribution in [1.82, 2.24) is 4.90 Å². The maximum absolute atomic E-state index is 12.4. The number of methoxy groups -OCH3 is 1. The van der Waals surface area contributed by atoms with E-state index in [1.54, 1.807) is 31.4 Å². The third kappa shape index (κ3) is 4.18. The van der Waals surface area contributed by atoms with Gasteiger partial charge in [0.2, 0.25) is 5.91 Å². The van der Waals surface area contributed by atoms with Crippen molar-refractivity contribution in [3.8, 4) is 5.75 Å². The van der Waals surface area contributed by atoms with E-state index in [2.05, 4.69) is 5.32 Å². The van der Waals surface area contributed by atoms with E-state index in [4.69, 9.17) is 4.74 Å². The summed E-state index contributed by atoms with van der Waals surface area (Å²) in [6, 6.07) is 14.7. The fourth-order valence-corrected chi connectivity index (χ4v) is 2.95. The van der Waals surface area contributed by atoms with E-state index in [9.17, 15) is 9.59 Å². The largest absolute Gasteiger partial charge is 0.495 e. The molecule has 130 valence electrons. The Morgan fingerprint density at radius 1 is 1.12 bits per heavy atom. The highest BCUT2D eigenvalue weighted by Crippen LogP contribution is 2.23. The van der Waals surface area contributed by atoms with Gasteiger partial charge >= 0.3 is 0 Å². The minimum atomic E-state index is -0.190. The smallest absolute Gasteiger partial charge is 0.255 e. The van der Waals surface area contributed by atoms with Crippen molar-refractivity contribution in [3.63, 3.8) is 0 Å². The first kappa shape index (κ1) is 17.0. The molecule has 25 heavy (non-hydrogen) atoms. The molecule has 0 aliphatic carbocycles. The number of rotatable bonds is 5. The van der Waals surface area contributed by atoms with E-state index >= 15 is 0 Å². The van der Waals surface area contributed by atoms with Gasteiger partial charge in [-0.25, -0.2) is 0 Å². The van der Waals surface area contributed by atoms with Gasteiger partial charge in [0.25, 0.3) is 5.91 Å². The molecule has 0 radical (unpaired) electrons. The number of piperidine rings is 1. The third-order valence-electron chi connectivity index (χ3n) is 4.37. The van der Waals surface area contributed by atoms with Gasteiger partial charge in [-0.3, -0.25) is 9.59 Å². The zero-order chi connectivity index (χ0) is 17.6. The lowest BCUT2D eigenvalue weighted by molar-refractivity contribution is -0.133. The minimum Gasteiger partial charge on any atom is -0.495 e. The van der Waals surface area contributed by atoms with Crippen molar-refractivity contribution in [2.24, 2.45) is 0 Å². The Hall–Kier alpha value is -2.82. The number of nitrogens with one attached hydrogen (secondary N) is 1. The van der Waals surface area contributed by atoms with Crippen LogP contribution in [0.15, 0.2) is 48.5 Å². The van der Waals surface area contributed by atoms with Gasteiger partial charge in [0.15, 0.2) is 0 Å². The van der Waals surface area contributed by atoms with Gasteiger partial charge in [0.05, 0.1) is 12.8 Å². The van der Waals surface area contributed by atoms with Gasteiger partial charge in [-0.2, -0.15) is 0 Å². The zero-order valence-electron chi connectivity index (χ0n) is 14.3. The first-order chi connectivity index (χ1) is 12.2. The molecular formula is C20H22N2O3. The topological polar surface area (TPSA) is 58.6 Å². The van der Waals surface area contributed by atoms with E-state index in [1.807, 2.05) is 29.2 Å². The zero-order valence-corrected chi connectivity index (χ0v) is 14.3. The Labute approximate surface area is 147 Å². The fraction of sp³-hybridized carbons (Fsp3) is 0.300. The summed E-state index contributed by atoms with van der Waals surface area (Å²) < 4.78 is 5.24. The highest BCUT2D eigenvalue weighted by molar-refractivity contribution is 6.05. The molecule has 0 atom stereocenters. The van der Waals surface area contributed by atoms with E-state index < -0.39 is 0 Å². The molecule has 2 aromatic rings. The highest BCUT2D eigenvalue weighted by Gasteiger charge is 2.18. The molecular weight excluding hydrogens is 316 g/mol. The Morgan fingerprint density at radius 3 is 2.60 bits per heavy atom. The fourth-order valence-electron chi connectivity index (χ4n) is 2.95. The van der Waals surface area contributed by atoms with E-state index in [-0.39, 0.29) is 11.8 Å². The van der Waals surface area contributed by atoms with E-state index in [0.29, 0.717) is 30.0 Å². The predicted molar refractivity (Wildman–Crippen MR) is 96.7 cm³/mol. The van der Waals surface area contributed by atoms with E-state index in [1.165, 1.54) is 0 Å². The minimum absolute atomic E-state index is 0.190. The van der Waals surface area contributed by atoms with Crippen LogP contribution >= 0.6 is 0 Å². The average Bonchev–Trinajstić information content (AvgIpc) is 2.64. The van der Waals surface area contributed by atoms with Crippen LogP contribution in [0.1, 0.15) is 35.2 Å². The van der Waals surface area contributed by atoms with Crippen molar-refractivity contribution in [2.75, 3.05) is 19.0 Å². The van der Waals surface area contributed by atoms with Crippen LogP contribution in [0.4, 0.5) is 5.69 Å². The van der Waals surface area contributed by atoms with Gasteiger partial charge in [0.1, 0.15) is 5.75 Å². The third-order valence-corrected chi connectivity index (χ3v) is 4.37. The molecule has 5 nitrogen and oxygen atoms in total. The monoisotopic (exact) mass is 338 g/mol. The normalized spacial score (nSPS) is 14.3. The molecule has 0 aromatic heterocycles. The summed E-state index contributed by atoms with van der Waals surface area (Å²) in [6.07, 6.45) is 2.68. The lowest BCUT2D eigenvalue weighted by atomic mass is 10.1. The second kappa shape index (κ2) is 7.83. The Morgan fingerprint density at radius 2 is 1.88 bits per heavy atom. The molecule has 1 heterocycles. The molecule has 1 aliphatic rings. The first-order valence-corrected chi connectivity index (χ1v) is 8.48. The molecule has 1 fully saturated rings. The lowest BCUT2D eigenvalue weighted by Crippen LogP contribution is -2.34. The number of anilines is 1. The molecule has 1 aliphatic heterocycles. The van der Waals surface area contributed by atoms with Gasteiger partial charge in [-0.1, -0.05) is 24.3 Å². The summed E-state index contributed by atoms with van der Waals surface area (Å²) in [6.45, 7) is 1.42. The van der Waals surface area contributed by atoms with Crippen LogP contribution in [0.25, 0.3) is 0 Å². The molecule has 0 bridgehead atoms. The van der Waals surface area contributed by atoms with Gasteiger partial charge in [-0.15, -0.1) is 0 Å². The van der Waals surface area contributed by atoms with Crippen molar-refractivity contribution < 1.29 is 14.3 Å². The first-order valence-electron chi connectivity index (χ1n) is 8.48. The summed E-state index contributed by atoms with van der Waals surface area (Å²) in [5, 5.41) is 2.86. The number of nitrogens with zero attached hydrogens (tertiary/aromatic N) is 1. The molecule has 2 aromatic carbocycles. The van der Waals surface area contributed by atoms with Crippen LogP contribution in [-0.4, -0.2) is 30.4 Å². The van der Waals surface area contributed by atoms with E-state index in [0.717, 1.165) is 24.9 Å². The number of hydrogen-bond donors (Lipinski definition) is 1. The van der Waals surface area contributed by atoms with Crippen LogP contribution in [0.3, 0.4) is 0 Å². The van der Waals surface area contributed by atoms with Crippen molar-refractivity contribution in [2.45, 2.75) is 25.8 Å². The maximum Gasteiger partial charge on any atom is 0.255 e. The Bertz CT molecular complexity index is 756. The summed E-state index contributed by atoms with van der Waals surface area (Å²) in [7, 11) is 1.57. The number of carbonyl (C=O) groups excluding carboxylic acids is 2. The number of ether oxygens (including phenoxy) is 1. The predicted octanol–water partition coefficient (Wildman–Crippen LogP) is 3.46. The Balaban J connectivity index is 1.65.